The molecule has 98 valence electrons. The van der Waals surface area contributed by atoms with Crippen LogP contribution in [-0.4, -0.2) is 32.0 Å². The second kappa shape index (κ2) is 6.19. The van der Waals surface area contributed by atoms with E-state index in [2.05, 4.69) is 0 Å². The van der Waals surface area contributed by atoms with Crippen LogP contribution >= 0.6 is 0 Å². The summed E-state index contributed by atoms with van der Waals surface area (Å²) in [6.07, 6.45) is -5.41. The third kappa shape index (κ3) is 3.45. The zero-order valence-electron chi connectivity index (χ0n) is 9.15. The van der Waals surface area contributed by atoms with E-state index in [0.717, 1.165) is 6.07 Å². The average Bonchev–Trinajstić information content (AvgIpc) is 2.69. The predicted octanol–water partition coefficient (Wildman–Crippen LogP) is 1.19. The van der Waals surface area contributed by atoms with Crippen LogP contribution in [0.5, 0.6) is 0 Å². The van der Waals surface area contributed by atoms with E-state index in [1.165, 1.54) is 12.1 Å². The molecule has 1 aromatic rings. The molecule has 0 radical (unpaired) electrons. The van der Waals surface area contributed by atoms with Gasteiger partial charge in [-0.05, 0) is 0 Å². The molecule has 1 aliphatic rings. The summed E-state index contributed by atoms with van der Waals surface area (Å²) >= 11 is 0. The van der Waals surface area contributed by atoms with E-state index in [-0.39, 0.29) is 22.0 Å². The average molecular weight is 262 g/mol. The maximum atomic E-state index is 12.7. The zero-order chi connectivity index (χ0) is 11.8. The van der Waals surface area contributed by atoms with Crippen molar-refractivity contribution in [1.82, 2.24) is 0 Å². The van der Waals surface area contributed by atoms with Gasteiger partial charge in [0, 0.05) is 0 Å². The van der Waals surface area contributed by atoms with Gasteiger partial charge in [0.25, 0.3) is 0 Å². The smallest absolute Gasteiger partial charge is 0.870 e. The first-order valence-electron chi connectivity index (χ1n) is 4.68. The van der Waals surface area contributed by atoms with Gasteiger partial charge >= 0.3 is 91.0 Å². The Balaban J connectivity index is 0.00000144. The van der Waals surface area contributed by atoms with Crippen LogP contribution in [0, 0.1) is 0 Å². The molecule has 18 heavy (non-hydrogen) atoms. The summed E-state index contributed by atoms with van der Waals surface area (Å²) in [5.74, 6) is 0. The van der Waals surface area contributed by atoms with Crippen LogP contribution in [0.3, 0.4) is 0 Å². The summed E-state index contributed by atoms with van der Waals surface area (Å²) < 4.78 is 48.2. The minimum absolute atomic E-state index is 0. The molecule has 8 heteroatoms. The fourth-order valence-corrected chi connectivity index (χ4v) is 1.56. The van der Waals surface area contributed by atoms with E-state index in [1.54, 1.807) is 0 Å². The molecule has 4 nitrogen and oxygen atoms in total. The van der Waals surface area contributed by atoms with Crippen LogP contribution in [0.4, 0.5) is 13.2 Å². The molecule has 2 rings (SSSR count). The molecule has 0 unspecified atom stereocenters. The summed E-state index contributed by atoms with van der Waals surface area (Å²) in [5.41, 5.74) is -0.771. The molecular formula is C10H10BF3O4. The largest absolute Gasteiger partial charge is 0.870 e. The third-order valence-corrected chi connectivity index (χ3v) is 2.26. The van der Waals surface area contributed by atoms with Gasteiger partial charge in [-0.2, -0.15) is 0 Å². The number of benzene rings is 1. The second-order valence-corrected chi connectivity index (χ2v) is 3.42. The van der Waals surface area contributed by atoms with Crippen molar-refractivity contribution in [2.24, 2.45) is 0 Å². The molecule has 0 bridgehead atoms. The molecule has 1 aromatic carbocycles. The monoisotopic (exact) mass is 262 g/mol. The molecule has 0 spiro atoms. The maximum absolute atomic E-state index is 12.7. The van der Waals surface area contributed by atoms with Gasteiger partial charge in [-0.3, -0.25) is 0 Å². The molecule has 1 fully saturated rings. The van der Waals surface area contributed by atoms with Crippen molar-refractivity contribution in [2.75, 3.05) is 13.2 Å². The first-order chi connectivity index (χ1) is 7.48. The standard InChI is InChI=1S/C10H8BF3O2.2H2O/c11-6-1-2-7(9-15-3-4-16-9)8(5-6)10(12,13)14;;/h1-2,5,9H,3-4H2;2*1H2/q+2;;/p-2. The molecule has 0 aromatic heterocycles. The van der Waals surface area contributed by atoms with Crippen LogP contribution in [0.1, 0.15) is 17.4 Å². The third-order valence-electron chi connectivity index (χ3n) is 2.26. The molecule has 0 atom stereocenters. The number of alkyl halides is 3. The van der Waals surface area contributed by atoms with Crippen molar-refractivity contribution >= 4 is 13.3 Å². The molecule has 1 saturated heterocycles. The van der Waals surface area contributed by atoms with E-state index in [9.17, 15) is 13.2 Å². The molecular weight excluding hydrogens is 252 g/mol. The predicted molar refractivity (Wildman–Crippen MR) is 55.3 cm³/mol. The Hall–Kier alpha value is -1.09. The van der Waals surface area contributed by atoms with E-state index in [0.29, 0.717) is 13.2 Å². The Labute approximate surface area is 103 Å². The van der Waals surface area contributed by atoms with Crippen LogP contribution in [-0.2, 0) is 15.7 Å². The molecule has 1 heterocycles. The van der Waals surface area contributed by atoms with Gasteiger partial charge in [0.15, 0.2) is 0 Å². The number of ether oxygens (including phenoxy) is 2. The van der Waals surface area contributed by atoms with Gasteiger partial charge in [-0.1, -0.05) is 0 Å². The second-order valence-electron chi connectivity index (χ2n) is 3.42. The van der Waals surface area contributed by atoms with E-state index in [4.69, 9.17) is 17.3 Å². The SMILES string of the molecule is [B+2]c1ccc(C2OCCO2)c(C(F)(F)F)c1.[OH-].[OH-]. The topological polar surface area (TPSA) is 78.5 Å². The number of rotatable bonds is 1. The molecule has 0 amide bonds. The van der Waals surface area contributed by atoms with Crippen molar-refractivity contribution in [2.45, 2.75) is 12.5 Å². The van der Waals surface area contributed by atoms with Crippen molar-refractivity contribution in [3.8, 4) is 0 Å². The van der Waals surface area contributed by atoms with Gasteiger partial charge in [0.05, 0.1) is 0 Å². The fraction of sp³-hybridized carbons (Fsp3) is 0.400. The summed E-state index contributed by atoms with van der Waals surface area (Å²) in [6.45, 7) is 0.596. The minimum Gasteiger partial charge on any atom is -0.870 e. The number of hydrogen-bond acceptors (Lipinski definition) is 4. The number of halogens is 3. The van der Waals surface area contributed by atoms with Crippen LogP contribution in [0.2, 0.25) is 0 Å². The van der Waals surface area contributed by atoms with Crippen molar-refractivity contribution in [3.63, 3.8) is 0 Å². The van der Waals surface area contributed by atoms with Gasteiger partial charge in [0.2, 0.25) is 0 Å². The van der Waals surface area contributed by atoms with E-state index < -0.39 is 18.0 Å². The van der Waals surface area contributed by atoms with Crippen LogP contribution in [0.15, 0.2) is 18.2 Å². The summed E-state index contributed by atoms with van der Waals surface area (Å²) in [5, 5.41) is 0. The first kappa shape index (κ1) is 16.9. The minimum atomic E-state index is -4.46. The zero-order valence-corrected chi connectivity index (χ0v) is 9.15. The molecule has 0 aliphatic carbocycles. The van der Waals surface area contributed by atoms with Gasteiger partial charge < -0.3 is 11.0 Å². The Morgan fingerprint density at radius 3 is 2.17 bits per heavy atom. The normalized spacial score (nSPS) is 16.1. The Bertz CT molecular complexity index is 391. The Morgan fingerprint density at radius 2 is 1.67 bits per heavy atom. The molecule has 2 N–H and O–H groups in total. The van der Waals surface area contributed by atoms with E-state index in [1.807, 2.05) is 0 Å². The van der Waals surface area contributed by atoms with Crippen molar-refractivity contribution in [1.29, 1.82) is 0 Å². The van der Waals surface area contributed by atoms with Gasteiger partial charge in [0.1, 0.15) is 0 Å². The Morgan fingerprint density at radius 1 is 1.11 bits per heavy atom. The van der Waals surface area contributed by atoms with Crippen molar-refractivity contribution in [3.05, 3.63) is 29.3 Å². The molecule has 1 aliphatic heterocycles. The number of hydrogen-bond donors (Lipinski definition) is 0. The van der Waals surface area contributed by atoms with Crippen LogP contribution in [0.25, 0.3) is 0 Å². The Kier molecular flexibility index (Phi) is 5.82. The quantitative estimate of drug-likeness (QED) is 0.712. The van der Waals surface area contributed by atoms with Crippen molar-refractivity contribution < 1.29 is 33.6 Å². The van der Waals surface area contributed by atoms with E-state index >= 15 is 0 Å². The van der Waals surface area contributed by atoms with Crippen LogP contribution < -0.4 is 5.46 Å². The maximum Gasteiger partial charge on any atom is -0.870 e. The fourth-order valence-electron chi connectivity index (χ4n) is 1.56. The van der Waals surface area contributed by atoms with Gasteiger partial charge in [-0.25, -0.2) is 0 Å². The first-order valence-corrected chi connectivity index (χ1v) is 4.68. The summed E-state index contributed by atoms with van der Waals surface area (Å²) in [6, 6.07) is 3.57. The summed E-state index contributed by atoms with van der Waals surface area (Å²) in [4.78, 5) is 0. The summed E-state index contributed by atoms with van der Waals surface area (Å²) in [7, 11) is 5.34. The van der Waals surface area contributed by atoms with Gasteiger partial charge in [-0.15, -0.1) is 0 Å². The molecule has 0 saturated carbocycles.